The third-order valence-corrected chi connectivity index (χ3v) is 0.392. The summed E-state index contributed by atoms with van der Waals surface area (Å²) in [6.45, 7) is 0. The van der Waals surface area contributed by atoms with Crippen LogP contribution in [0, 0.1) is 12.3 Å². The Balaban J connectivity index is 0. The van der Waals surface area contributed by atoms with Crippen LogP contribution in [0.3, 0.4) is 0 Å². The lowest BCUT2D eigenvalue weighted by Gasteiger charge is -1.88. The maximum absolute atomic E-state index is 9.54. The Morgan fingerprint density at radius 2 is 2.12 bits per heavy atom. The number of rotatable bonds is 1. The van der Waals surface area contributed by atoms with Gasteiger partial charge in [-0.25, -0.2) is 4.79 Å². The minimum Gasteiger partial charge on any atom is -0.479 e. The highest BCUT2D eigenvalue weighted by Crippen LogP contribution is 1.74. The lowest BCUT2D eigenvalue weighted by Crippen LogP contribution is -2.15. The molecule has 0 saturated carbocycles. The van der Waals surface area contributed by atoms with Crippen LogP contribution in [-0.4, -0.2) is 22.3 Å². The van der Waals surface area contributed by atoms with Crippen LogP contribution in [0.2, 0.25) is 0 Å². The SMILES string of the molecule is C#CC(O)C(=O)O.N. The predicted molar refractivity (Wildman–Crippen MR) is 27.5 cm³/mol. The summed E-state index contributed by atoms with van der Waals surface area (Å²) in [7, 11) is 0. The Labute approximate surface area is 46.7 Å². The second-order valence-corrected chi connectivity index (χ2v) is 0.907. The van der Waals surface area contributed by atoms with Crippen molar-refractivity contribution in [1.82, 2.24) is 6.15 Å². The third-order valence-electron chi connectivity index (χ3n) is 0.392. The lowest BCUT2D eigenvalue weighted by atomic mass is 10.4. The smallest absolute Gasteiger partial charge is 0.345 e. The fourth-order valence-electron chi connectivity index (χ4n) is 0.0713. The fourth-order valence-corrected chi connectivity index (χ4v) is 0.0713. The monoisotopic (exact) mass is 117 g/mol. The number of aliphatic hydroxyl groups excluding tert-OH is 1. The molecule has 0 aromatic heterocycles. The Morgan fingerprint density at radius 3 is 2.12 bits per heavy atom. The van der Waals surface area contributed by atoms with E-state index in [1.54, 1.807) is 5.92 Å². The van der Waals surface area contributed by atoms with Crippen molar-refractivity contribution in [3.63, 3.8) is 0 Å². The van der Waals surface area contributed by atoms with E-state index in [-0.39, 0.29) is 6.15 Å². The van der Waals surface area contributed by atoms with Crippen molar-refractivity contribution in [1.29, 1.82) is 0 Å². The highest BCUT2D eigenvalue weighted by Gasteiger charge is 2.05. The first-order valence-electron chi connectivity index (χ1n) is 1.55. The highest BCUT2D eigenvalue weighted by molar-refractivity contribution is 5.75. The Kier molecular flexibility index (Phi) is 5.17. The Morgan fingerprint density at radius 1 is 1.75 bits per heavy atom. The molecule has 0 bridgehead atoms. The zero-order valence-corrected chi connectivity index (χ0v) is 4.16. The maximum Gasteiger partial charge on any atom is 0.345 e. The van der Waals surface area contributed by atoms with Crippen LogP contribution in [0.1, 0.15) is 0 Å². The molecule has 0 rings (SSSR count). The number of aliphatic hydroxyl groups is 1. The van der Waals surface area contributed by atoms with Crippen molar-refractivity contribution in [2.75, 3.05) is 0 Å². The summed E-state index contributed by atoms with van der Waals surface area (Å²) in [5, 5.41) is 15.9. The van der Waals surface area contributed by atoms with Gasteiger partial charge in [-0.15, -0.1) is 6.42 Å². The van der Waals surface area contributed by atoms with E-state index in [0.29, 0.717) is 0 Å². The standard InChI is InChI=1S/C4H4O3.H3N/c1-2-3(5)4(6)7;/h1,3,5H,(H,6,7);1H3. The van der Waals surface area contributed by atoms with Crippen LogP contribution in [0.15, 0.2) is 0 Å². The molecule has 8 heavy (non-hydrogen) atoms. The zero-order chi connectivity index (χ0) is 5.86. The van der Waals surface area contributed by atoms with Gasteiger partial charge in [0.1, 0.15) is 0 Å². The van der Waals surface area contributed by atoms with Gasteiger partial charge in [0.05, 0.1) is 0 Å². The number of terminal acetylenes is 1. The molecule has 0 saturated heterocycles. The fraction of sp³-hybridized carbons (Fsp3) is 0.250. The van der Waals surface area contributed by atoms with E-state index >= 15 is 0 Å². The van der Waals surface area contributed by atoms with E-state index in [2.05, 4.69) is 6.42 Å². The molecule has 0 aliphatic carbocycles. The largest absolute Gasteiger partial charge is 0.479 e. The zero-order valence-electron chi connectivity index (χ0n) is 4.16. The Hall–Kier alpha value is -1.05. The normalized spacial score (nSPS) is 10.5. The van der Waals surface area contributed by atoms with E-state index in [4.69, 9.17) is 10.2 Å². The van der Waals surface area contributed by atoms with Crippen LogP contribution in [0.4, 0.5) is 0 Å². The number of aliphatic carboxylic acids is 1. The van der Waals surface area contributed by atoms with Crippen molar-refractivity contribution in [2.45, 2.75) is 6.10 Å². The summed E-state index contributed by atoms with van der Waals surface area (Å²) in [6, 6.07) is 0. The topological polar surface area (TPSA) is 92.5 Å². The second-order valence-electron chi connectivity index (χ2n) is 0.907. The molecule has 0 aliphatic heterocycles. The minimum absolute atomic E-state index is 0. The molecular weight excluding hydrogens is 110 g/mol. The van der Waals surface area contributed by atoms with E-state index in [1.807, 2.05) is 0 Å². The van der Waals surface area contributed by atoms with Gasteiger partial charge in [-0.3, -0.25) is 0 Å². The van der Waals surface area contributed by atoms with Gasteiger partial charge in [-0.05, 0) is 0 Å². The molecule has 0 radical (unpaired) electrons. The molecule has 0 aliphatic rings. The molecule has 0 heterocycles. The number of hydrogen-bond donors (Lipinski definition) is 3. The summed E-state index contributed by atoms with van der Waals surface area (Å²) in [6.07, 6.45) is 2.84. The lowest BCUT2D eigenvalue weighted by molar-refractivity contribution is -0.143. The van der Waals surface area contributed by atoms with Gasteiger partial charge in [-0.2, -0.15) is 0 Å². The summed E-state index contributed by atoms with van der Waals surface area (Å²) >= 11 is 0. The van der Waals surface area contributed by atoms with Crippen LogP contribution in [-0.2, 0) is 4.79 Å². The molecule has 1 atom stereocenters. The highest BCUT2D eigenvalue weighted by atomic mass is 16.4. The first-order valence-corrected chi connectivity index (χ1v) is 1.55. The molecule has 4 nitrogen and oxygen atoms in total. The molecule has 0 fully saturated rings. The molecule has 5 N–H and O–H groups in total. The third kappa shape index (κ3) is 3.15. The van der Waals surface area contributed by atoms with Crippen LogP contribution in [0.25, 0.3) is 0 Å². The molecule has 4 heteroatoms. The van der Waals surface area contributed by atoms with E-state index in [1.165, 1.54) is 0 Å². The summed E-state index contributed by atoms with van der Waals surface area (Å²) < 4.78 is 0. The average Bonchev–Trinajstić information content (AvgIpc) is 1.65. The van der Waals surface area contributed by atoms with Crippen molar-refractivity contribution >= 4 is 5.97 Å². The Bertz CT molecular complexity index is 115. The minimum atomic E-state index is -1.65. The molecule has 0 spiro atoms. The van der Waals surface area contributed by atoms with Gasteiger partial charge in [0.2, 0.25) is 6.10 Å². The van der Waals surface area contributed by atoms with Gasteiger partial charge in [0, 0.05) is 0 Å². The van der Waals surface area contributed by atoms with E-state index in [0.717, 1.165) is 0 Å². The van der Waals surface area contributed by atoms with Gasteiger partial charge >= 0.3 is 5.97 Å². The van der Waals surface area contributed by atoms with Crippen molar-refractivity contribution in [3.05, 3.63) is 0 Å². The van der Waals surface area contributed by atoms with E-state index in [9.17, 15) is 4.79 Å². The quantitative estimate of drug-likeness (QED) is 0.393. The number of hydrogen-bond acceptors (Lipinski definition) is 3. The van der Waals surface area contributed by atoms with Crippen LogP contribution >= 0.6 is 0 Å². The van der Waals surface area contributed by atoms with Crippen LogP contribution < -0.4 is 6.15 Å². The molecule has 0 amide bonds. The second kappa shape index (κ2) is 4.12. The average molecular weight is 117 g/mol. The number of carbonyl (C=O) groups is 1. The van der Waals surface area contributed by atoms with Crippen molar-refractivity contribution in [2.24, 2.45) is 0 Å². The summed E-state index contributed by atoms with van der Waals surface area (Å²) in [4.78, 5) is 9.54. The van der Waals surface area contributed by atoms with Gasteiger partial charge < -0.3 is 16.4 Å². The first kappa shape index (κ1) is 10.0. The van der Waals surface area contributed by atoms with Gasteiger partial charge in [-0.1, -0.05) is 5.92 Å². The first-order chi connectivity index (χ1) is 3.18. The maximum atomic E-state index is 9.54. The summed E-state index contributed by atoms with van der Waals surface area (Å²) in [5.74, 6) is 0.234. The van der Waals surface area contributed by atoms with E-state index < -0.39 is 12.1 Å². The predicted octanol–water partition coefficient (Wildman–Crippen LogP) is -0.773. The number of carboxylic acid groups (broad SMARTS) is 1. The van der Waals surface area contributed by atoms with Gasteiger partial charge in [0.25, 0.3) is 0 Å². The van der Waals surface area contributed by atoms with Crippen LogP contribution in [0.5, 0.6) is 0 Å². The molecule has 46 valence electrons. The molecule has 0 aromatic rings. The summed E-state index contributed by atoms with van der Waals surface area (Å²) in [5.41, 5.74) is 0. The van der Waals surface area contributed by atoms with Gasteiger partial charge in [0.15, 0.2) is 0 Å². The number of carboxylic acids is 1. The molecular formula is C4H7NO3. The van der Waals surface area contributed by atoms with Crippen molar-refractivity contribution < 1.29 is 15.0 Å². The van der Waals surface area contributed by atoms with Crippen molar-refractivity contribution in [3.8, 4) is 12.3 Å². The molecule has 1 unspecified atom stereocenters. The molecule has 0 aromatic carbocycles.